The molecule has 0 aromatic heterocycles. The van der Waals surface area contributed by atoms with Gasteiger partial charge in [-0.25, -0.2) is 0 Å². The Bertz CT molecular complexity index is 218. The van der Waals surface area contributed by atoms with Crippen LogP contribution in [0.15, 0.2) is 0 Å². The first-order valence-electron chi connectivity index (χ1n) is 4.96. The highest BCUT2D eigenvalue weighted by Gasteiger charge is 2.26. The van der Waals surface area contributed by atoms with Crippen molar-refractivity contribution in [3.05, 3.63) is 0 Å². The van der Waals surface area contributed by atoms with Crippen molar-refractivity contribution in [3.63, 3.8) is 0 Å². The van der Waals surface area contributed by atoms with Crippen LogP contribution in [0.3, 0.4) is 0 Å². The lowest BCUT2D eigenvalue weighted by Crippen LogP contribution is -2.44. The van der Waals surface area contributed by atoms with Crippen LogP contribution in [0.2, 0.25) is 0 Å². The molecular weight excluding hydrogens is 174 g/mol. The SMILES string of the molecule is CC(C)C(C#N)N(C)[C@@H](C#N)C(C)C. The van der Waals surface area contributed by atoms with Crippen molar-refractivity contribution >= 4 is 0 Å². The lowest BCUT2D eigenvalue weighted by molar-refractivity contribution is 0.172. The number of nitriles is 2. The average molecular weight is 193 g/mol. The predicted molar refractivity (Wildman–Crippen MR) is 56.2 cm³/mol. The second-order valence-corrected chi connectivity index (χ2v) is 4.30. The Balaban J connectivity index is 4.66. The van der Waals surface area contributed by atoms with Crippen LogP contribution in [-0.2, 0) is 0 Å². The molecule has 14 heavy (non-hydrogen) atoms. The zero-order valence-electron chi connectivity index (χ0n) is 9.65. The molecule has 1 unspecified atom stereocenters. The third-order valence-corrected chi connectivity index (χ3v) is 2.41. The van der Waals surface area contributed by atoms with Gasteiger partial charge in [0.05, 0.1) is 12.1 Å². The van der Waals surface area contributed by atoms with Crippen molar-refractivity contribution in [3.8, 4) is 12.1 Å². The molecule has 3 heteroatoms. The molecule has 0 radical (unpaired) electrons. The van der Waals surface area contributed by atoms with E-state index in [1.807, 2.05) is 39.6 Å². The van der Waals surface area contributed by atoms with E-state index in [0.717, 1.165) is 0 Å². The molecule has 0 aromatic rings. The van der Waals surface area contributed by atoms with Gasteiger partial charge in [-0.3, -0.25) is 4.90 Å². The summed E-state index contributed by atoms with van der Waals surface area (Å²) in [4.78, 5) is 1.87. The molecule has 0 fully saturated rings. The van der Waals surface area contributed by atoms with Gasteiger partial charge in [-0.15, -0.1) is 0 Å². The Kier molecular flexibility index (Phi) is 5.20. The molecule has 0 saturated heterocycles. The topological polar surface area (TPSA) is 50.8 Å². The molecule has 3 nitrogen and oxygen atoms in total. The van der Waals surface area contributed by atoms with E-state index in [9.17, 15) is 0 Å². The third kappa shape index (κ3) is 3.01. The zero-order chi connectivity index (χ0) is 11.3. The van der Waals surface area contributed by atoms with E-state index in [1.54, 1.807) is 0 Å². The Morgan fingerprint density at radius 1 is 0.857 bits per heavy atom. The van der Waals surface area contributed by atoms with Gasteiger partial charge >= 0.3 is 0 Å². The summed E-state index contributed by atoms with van der Waals surface area (Å²) in [7, 11) is 1.85. The van der Waals surface area contributed by atoms with Gasteiger partial charge in [0.15, 0.2) is 0 Å². The minimum Gasteiger partial charge on any atom is -0.275 e. The van der Waals surface area contributed by atoms with E-state index >= 15 is 0 Å². The highest BCUT2D eigenvalue weighted by atomic mass is 15.2. The number of nitrogens with zero attached hydrogens (tertiary/aromatic N) is 3. The van der Waals surface area contributed by atoms with Crippen LogP contribution < -0.4 is 0 Å². The van der Waals surface area contributed by atoms with E-state index < -0.39 is 0 Å². The fraction of sp³-hybridized carbons (Fsp3) is 0.818. The van der Waals surface area contributed by atoms with Crippen LogP contribution in [0.5, 0.6) is 0 Å². The maximum absolute atomic E-state index is 8.99. The molecule has 0 heterocycles. The Morgan fingerprint density at radius 2 is 1.14 bits per heavy atom. The van der Waals surface area contributed by atoms with Crippen LogP contribution >= 0.6 is 0 Å². The van der Waals surface area contributed by atoms with Gasteiger partial charge in [-0.2, -0.15) is 10.5 Å². The molecule has 0 aliphatic rings. The van der Waals surface area contributed by atoms with Gasteiger partial charge in [0, 0.05) is 0 Å². The molecule has 0 amide bonds. The standard InChI is InChI=1S/C11H19N3/c1-8(2)10(6-12)14(5)11(7-13)9(3)4/h8-11H,1-5H3/t10-,11?/m0/s1. The van der Waals surface area contributed by atoms with Gasteiger partial charge in [0.1, 0.15) is 12.1 Å². The van der Waals surface area contributed by atoms with Crippen molar-refractivity contribution in [1.82, 2.24) is 4.90 Å². The van der Waals surface area contributed by atoms with E-state index in [2.05, 4.69) is 12.1 Å². The monoisotopic (exact) mass is 193 g/mol. The highest BCUT2D eigenvalue weighted by molar-refractivity contribution is 5.02. The smallest absolute Gasteiger partial charge is 0.101 e. The normalized spacial score (nSPS) is 15.3. The quantitative estimate of drug-likeness (QED) is 0.686. The summed E-state index contributed by atoms with van der Waals surface area (Å²) in [5.41, 5.74) is 0. The molecule has 0 aliphatic heterocycles. The van der Waals surface area contributed by atoms with E-state index in [4.69, 9.17) is 10.5 Å². The molecule has 2 atom stereocenters. The minimum atomic E-state index is -0.179. The molecule has 0 rings (SSSR count). The van der Waals surface area contributed by atoms with Crippen molar-refractivity contribution in [2.24, 2.45) is 11.8 Å². The summed E-state index contributed by atoms with van der Waals surface area (Å²) < 4.78 is 0. The van der Waals surface area contributed by atoms with Crippen molar-refractivity contribution < 1.29 is 0 Å². The average Bonchev–Trinajstić information content (AvgIpc) is 2.04. The van der Waals surface area contributed by atoms with Crippen LogP contribution in [-0.4, -0.2) is 24.0 Å². The van der Waals surface area contributed by atoms with E-state index in [1.165, 1.54) is 0 Å². The molecule has 0 spiro atoms. The summed E-state index contributed by atoms with van der Waals surface area (Å²) in [5, 5.41) is 18.0. The van der Waals surface area contributed by atoms with Crippen LogP contribution in [0, 0.1) is 34.5 Å². The third-order valence-electron chi connectivity index (χ3n) is 2.41. The fourth-order valence-electron chi connectivity index (χ4n) is 1.59. The van der Waals surface area contributed by atoms with Crippen molar-refractivity contribution in [1.29, 1.82) is 10.5 Å². The minimum absolute atomic E-state index is 0.179. The van der Waals surface area contributed by atoms with Gasteiger partial charge in [-0.1, -0.05) is 27.7 Å². The first-order valence-corrected chi connectivity index (χ1v) is 4.96. The summed E-state index contributed by atoms with van der Waals surface area (Å²) >= 11 is 0. The van der Waals surface area contributed by atoms with Crippen LogP contribution in [0.1, 0.15) is 27.7 Å². The molecular formula is C11H19N3. The summed E-state index contributed by atoms with van der Waals surface area (Å²) in [5.74, 6) is 0.499. The van der Waals surface area contributed by atoms with Gasteiger partial charge < -0.3 is 0 Å². The fourth-order valence-corrected chi connectivity index (χ4v) is 1.59. The van der Waals surface area contributed by atoms with Gasteiger partial charge in [0.25, 0.3) is 0 Å². The maximum Gasteiger partial charge on any atom is 0.101 e. The largest absolute Gasteiger partial charge is 0.275 e. The predicted octanol–water partition coefficient (Wildman–Crippen LogP) is 2.01. The lowest BCUT2D eigenvalue weighted by atomic mass is 9.98. The van der Waals surface area contributed by atoms with Gasteiger partial charge in [0.2, 0.25) is 0 Å². The first kappa shape index (κ1) is 12.9. The number of rotatable bonds is 4. The summed E-state index contributed by atoms with van der Waals surface area (Å²) in [6.07, 6.45) is 0. The zero-order valence-corrected chi connectivity index (χ0v) is 9.65. The molecule has 0 N–H and O–H groups in total. The van der Waals surface area contributed by atoms with E-state index in [-0.39, 0.29) is 23.9 Å². The summed E-state index contributed by atoms with van der Waals surface area (Å²) in [6, 6.07) is 4.13. The Labute approximate surface area is 86.9 Å². The maximum atomic E-state index is 8.99. The Morgan fingerprint density at radius 3 is 1.29 bits per heavy atom. The van der Waals surface area contributed by atoms with Crippen LogP contribution in [0.4, 0.5) is 0 Å². The molecule has 0 aliphatic carbocycles. The lowest BCUT2D eigenvalue weighted by Gasteiger charge is -2.31. The van der Waals surface area contributed by atoms with Crippen molar-refractivity contribution in [2.75, 3.05) is 7.05 Å². The van der Waals surface area contributed by atoms with Crippen LogP contribution in [0.25, 0.3) is 0 Å². The van der Waals surface area contributed by atoms with Gasteiger partial charge in [-0.05, 0) is 18.9 Å². The van der Waals surface area contributed by atoms with E-state index in [0.29, 0.717) is 0 Å². The second-order valence-electron chi connectivity index (χ2n) is 4.30. The summed E-state index contributed by atoms with van der Waals surface area (Å²) in [6.45, 7) is 8.00. The second kappa shape index (κ2) is 5.62. The number of hydrogen-bond donors (Lipinski definition) is 0. The highest BCUT2D eigenvalue weighted by Crippen LogP contribution is 2.16. The molecule has 78 valence electrons. The Hall–Kier alpha value is -1.06. The molecule has 0 saturated carbocycles. The van der Waals surface area contributed by atoms with Crippen molar-refractivity contribution in [2.45, 2.75) is 39.8 Å². The molecule has 0 aromatic carbocycles. The first-order chi connectivity index (χ1) is 6.45. The number of hydrogen-bond acceptors (Lipinski definition) is 3. The molecule has 0 bridgehead atoms.